The maximum Gasteiger partial charge on any atom is 0.238 e. The molecule has 0 aliphatic carbocycles. The van der Waals surface area contributed by atoms with Crippen LogP contribution in [0.15, 0.2) is 24.3 Å². The molecular formula is C18H29N3O. The molecule has 0 spiro atoms. The van der Waals surface area contributed by atoms with Crippen molar-refractivity contribution < 1.29 is 4.79 Å². The summed E-state index contributed by atoms with van der Waals surface area (Å²) in [7, 11) is 0. The molecule has 0 aromatic heterocycles. The highest BCUT2D eigenvalue weighted by atomic mass is 16.2. The van der Waals surface area contributed by atoms with Crippen LogP contribution >= 0.6 is 0 Å². The van der Waals surface area contributed by atoms with Crippen LogP contribution in [0.4, 0.5) is 5.69 Å². The van der Waals surface area contributed by atoms with Gasteiger partial charge in [0.15, 0.2) is 0 Å². The second kappa shape index (κ2) is 8.30. The van der Waals surface area contributed by atoms with Crippen LogP contribution in [0.2, 0.25) is 0 Å². The molecule has 1 unspecified atom stereocenters. The Balaban J connectivity index is 1.82. The lowest BCUT2D eigenvalue weighted by Crippen LogP contribution is -2.40. The summed E-state index contributed by atoms with van der Waals surface area (Å²) in [6, 6.07) is 8.14. The molecule has 1 aliphatic rings. The van der Waals surface area contributed by atoms with Crippen molar-refractivity contribution in [3.8, 4) is 0 Å². The Morgan fingerprint density at radius 3 is 2.73 bits per heavy atom. The molecule has 122 valence electrons. The van der Waals surface area contributed by atoms with Gasteiger partial charge in [-0.2, -0.15) is 0 Å². The third-order valence-electron chi connectivity index (χ3n) is 4.41. The van der Waals surface area contributed by atoms with Gasteiger partial charge in [0, 0.05) is 12.2 Å². The van der Waals surface area contributed by atoms with Gasteiger partial charge in [-0.25, -0.2) is 0 Å². The van der Waals surface area contributed by atoms with Crippen LogP contribution in [-0.4, -0.2) is 37.0 Å². The van der Waals surface area contributed by atoms with Gasteiger partial charge in [0.1, 0.15) is 0 Å². The highest BCUT2D eigenvalue weighted by Gasteiger charge is 2.20. The van der Waals surface area contributed by atoms with Crippen LogP contribution in [0.3, 0.4) is 0 Å². The van der Waals surface area contributed by atoms with Crippen molar-refractivity contribution in [2.24, 2.45) is 11.7 Å². The summed E-state index contributed by atoms with van der Waals surface area (Å²) in [5.41, 5.74) is 7.81. The van der Waals surface area contributed by atoms with E-state index in [1.54, 1.807) is 0 Å². The van der Waals surface area contributed by atoms with Crippen LogP contribution in [0.25, 0.3) is 0 Å². The van der Waals surface area contributed by atoms with Crippen molar-refractivity contribution in [3.05, 3.63) is 29.8 Å². The third-order valence-corrected chi connectivity index (χ3v) is 4.41. The van der Waals surface area contributed by atoms with E-state index in [-0.39, 0.29) is 5.91 Å². The van der Waals surface area contributed by atoms with E-state index in [4.69, 9.17) is 5.73 Å². The molecule has 3 N–H and O–H groups in total. The van der Waals surface area contributed by atoms with Crippen molar-refractivity contribution in [3.63, 3.8) is 0 Å². The normalized spacial score (nSPS) is 19.4. The van der Waals surface area contributed by atoms with E-state index in [0.29, 0.717) is 18.4 Å². The number of piperidine rings is 1. The van der Waals surface area contributed by atoms with Gasteiger partial charge in [-0.05, 0) is 61.9 Å². The molecule has 1 aromatic rings. The lowest BCUT2D eigenvalue weighted by Gasteiger charge is -2.32. The summed E-state index contributed by atoms with van der Waals surface area (Å²) < 4.78 is 0. The number of hydrogen-bond acceptors (Lipinski definition) is 3. The lowest BCUT2D eigenvalue weighted by molar-refractivity contribution is -0.117. The Kier molecular flexibility index (Phi) is 6.40. The van der Waals surface area contributed by atoms with Crippen molar-refractivity contribution in [2.75, 3.05) is 31.5 Å². The topological polar surface area (TPSA) is 58.4 Å². The molecule has 0 saturated carbocycles. The largest absolute Gasteiger partial charge is 0.330 e. The zero-order chi connectivity index (χ0) is 15.9. The minimum Gasteiger partial charge on any atom is -0.330 e. The molecule has 1 aliphatic heterocycles. The molecule has 0 radical (unpaired) electrons. The van der Waals surface area contributed by atoms with Crippen LogP contribution in [0.1, 0.15) is 44.6 Å². The first-order valence-electron chi connectivity index (χ1n) is 8.40. The Hall–Kier alpha value is -1.39. The summed E-state index contributed by atoms with van der Waals surface area (Å²) >= 11 is 0. The predicted octanol–water partition coefficient (Wildman–Crippen LogP) is 2.81. The number of anilines is 1. The monoisotopic (exact) mass is 303 g/mol. The van der Waals surface area contributed by atoms with Gasteiger partial charge < -0.3 is 11.1 Å². The van der Waals surface area contributed by atoms with Crippen molar-refractivity contribution >= 4 is 11.6 Å². The van der Waals surface area contributed by atoms with E-state index >= 15 is 0 Å². The highest BCUT2D eigenvalue weighted by molar-refractivity contribution is 5.92. The Bertz CT molecular complexity index is 468. The summed E-state index contributed by atoms with van der Waals surface area (Å²) in [4.78, 5) is 14.4. The van der Waals surface area contributed by atoms with Crippen LogP contribution in [-0.2, 0) is 4.79 Å². The number of nitrogens with two attached hydrogens (primary N) is 1. The van der Waals surface area contributed by atoms with Gasteiger partial charge in [0.05, 0.1) is 6.54 Å². The first-order valence-corrected chi connectivity index (χ1v) is 8.40. The molecule has 1 amide bonds. The Morgan fingerprint density at radius 2 is 2.09 bits per heavy atom. The average molecular weight is 303 g/mol. The zero-order valence-corrected chi connectivity index (χ0v) is 13.8. The lowest BCUT2D eigenvalue weighted by atomic mass is 9.95. The summed E-state index contributed by atoms with van der Waals surface area (Å²) in [6.45, 7) is 7.57. The molecule has 1 aromatic carbocycles. The molecule has 2 rings (SSSR count). The number of nitrogens with one attached hydrogen (secondary N) is 1. The van der Waals surface area contributed by atoms with Crippen LogP contribution in [0.5, 0.6) is 0 Å². The molecule has 1 atom stereocenters. The molecule has 1 saturated heterocycles. The van der Waals surface area contributed by atoms with E-state index in [1.807, 2.05) is 12.1 Å². The van der Waals surface area contributed by atoms with Crippen molar-refractivity contribution in [1.82, 2.24) is 4.90 Å². The fraction of sp³-hybridized carbons (Fsp3) is 0.611. The van der Waals surface area contributed by atoms with E-state index in [0.717, 1.165) is 31.7 Å². The summed E-state index contributed by atoms with van der Waals surface area (Å²) in [6.07, 6.45) is 3.47. The Morgan fingerprint density at radius 1 is 1.36 bits per heavy atom. The number of likely N-dealkylation sites (tertiary alicyclic amines) is 1. The highest BCUT2D eigenvalue weighted by Crippen LogP contribution is 2.19. The minimum atomic E-state index is 0.0747. The zero-order valence-electron chi connectivity index (χ0n) is 13.8. The summed E-state index contributed by atoms with van der Waals surface area (Å²) in [5.74, 6) is 1.24. The first-order chi connectivity index (χ1) is 10.6. The summed E-state index contributed by atoms with van der Waals surface area (Å²) in [5, 5.41) is 3.00. The fourth-order valence-electron chi connectivity index (χ4n) is 3.12. The van der Waals surface area contributed by atoms with Gasteiger partial charge in [-0.1, -0.05) is 26.0 Å². The van der Waals surface area contributed by atoms with E-state index in [9.17, 15) is 4.79 Å². The molecule has 4 heteroatoms. The predicted molar refractivity (Wildman–Crippen MR) is 92.0 cm³/mol. The molecule has 4 nitrogen and oxygen atoms in total. The number of carbonyl (C=O) groups excluding carboxylic acids is 1. The van der Waals surface area contributed by atoms with Gasteiger partial charge in [0.2, 0.25) is 5.91 Å². The smallest absolute Gasteiger partial charge is 0.238 e. The van der Waals surface area contributed by atoms with Gasteiger partial charge in [-0.15, -0.1) is 0 Å². The second-order valence-corrected chi connectivity index (χ2v) is 6.65. The van der Waals surface area contributed by atoms with E-state index in [1.165, 1.54) is 18.4 Å². The molecule has 0 bridgehead atoms. The average Bonchev–Trinajstić information content (AvgIpc) is 2.48. The quantitative estimate of drug-likeness (QED) is 0.849. The molecule has 22 heavy (non-hydrogen) atoms. The van der Waals surface area contributed by atoms with E-state index < -0.39 is 0 Å². The second-order valence-electron chi connectivity index (χ2n) is 6.65. The van der Waals surface area contributed by atoms with Gasteiger partial charge >= 0.3 is 0 Å². The van der Waals surface area contributed by atoms with E-state index in [2.05, 4.69) is 36.2 Å². The third kappa shape index (κ3) is 5.11. The number of benzene rings is 1. The minimum absolute atomic E-state index is 0.0747. The Labute approximate surface area is 134 Å². The standard InChI is InChI=1S/C18H29N3O/c1-14(2)16-5-7-17(8-6-16)20-18(22)13-21-11-3-4-15(12-21)9-10-19/h5-8,14-15H,3-4,9-13,19H2,1-2H3,(H,20,22). The number of nitrogens with zero attached hydrogens (tertiary/aromatic N) is 1. The number of amides is 1. The number of rotatable bonds is 6. The van der Waals surface area contributed by atoms with Crippen LogP contribution in [0, 0.1) is 5.92 Å². The molecule has 1 heterocycles. The van der Waals surface area contributed by atoms with Crippen molar-refractivity contribution in [1.29, 1.82) is 0 Å². The number of carbonyl (C=O) groups is 1. The number of hydrogen-bond donors (Lipinski definition) is 2. The van der Waals surface area contributed by atoms with Crippen LogP contribution < -0.4 is 11.1 Å². The van der Waals surface area contributed by atoms with Crippen molar-refractivity contribution in [2.45, 2.75) is 39.0 Å². The molecule has 1 fully saturated rings. The SMILES string of the molecule is CC(C)c1ccc(NC(=O)CN2CCCC(CCN)C2)cc1. The van der Waals surface area contributed by atoms with Gasteiger partial charge in [0.25, 0.3) is 0 Å². The molecular weight excluding hydrogens is 274 g/mol. The fourth-order valence-corrected chi connectivity index (χ4v) is 3.12. The van der Waals surface area contributed by atoms with Gasteiger partial charge in [-0.3, -0.25) is 9.69 Å². The maximum absolute atomic E-state index is 12.2. The maximum atomic E-state index is 12.2. The first kappa shape index (κ1) is 17.0.